The van der Waals surface area contributed by atoms with Crippen LogP contribution in [0.3, 0.4) is 0 Å². The Morgan fingerprint density at radius 3 is 2.35 bits per heavy atom. The Labute approximate surface area is 180 Å². The second-order valence-electron chi connectivity index (χ2n) is 6.27. The summed E-state index contributed by atoms with van der Waals surface area (Å²) in [6.07, 6.45) is 1.47. The number of benzene rings is 2. The molecule has 0 saturated carbocycles. The van der Waals surface area contributed by atoms with Crippen LogP contribution in [0.1, 0.15) is 12.5 Å². The molecule has 31 heavy (non-hydrogen) atoms. The molecule has 0 aliphatic heterocycles. The molecule has 0 spiro atoms. The van der Waals surface area contributed by atoms with Crippen molar-refractivity contribution in [3.05, 3.63) is 54.1 Å². The van der Waals surface area contributed by atoms with Crippen molar-refractivity contribution < 1.29 is 32.2 Å². The Balaban J connectivity index is 2.12. The summed E-state index contributed by atoms with van der Waals surface area (Å²) in [5.74, 6) is -0.222. The summed E-state index contributed by atoms with van der Waals surface area (Å²) in [7, 11) is -1.13. The number of methoxy groups -OCH3 is 2. The smallest absolute Gasteiger partial charge is 0.493 e. The van der Waals surface area contributed by atoms with Crippen molar-refractivity contribution in [2.45, 2.75) is 13.0 Å². The molecule has 0 unspecified atom stereocenters. The zero-order valence-corrected chi connectivity index (χ0v) is 18.3. The molecule has 0 bridgehead atoms. The van der Waals surface area contributed by atoms with E-state index in [0.29, 0.717) is 11.3 Å². The van der Waals surface area contributed by atoms with Crippen molar-refractivity contribution in [2.75, 3.05) is 24.8 Å². The molecule has 0 saturated heterocycles. The first-order valence-electron chi connectivity index (χ1n) is 8.98. The highest BCUT2D eigenvalue weighted by molar-refractivity contribution is 7.92. The molecule has 11 heteroatoms. The van der Waals surface area contributed by atoms with Gasteiger partial charge in [-0.1, -0.05) is 18.2 Å². The van der Waals surface area contributed by atoms with Gasteiger partial charge in [-0.25, -0.2) is 18.6 Å². The molecule has 2 aromatic carbocycles. The van der Waals surface area contributed by atoms with E-state index in [1.807, 2.05) is 0 Å². The quantitative estimate of drug-likeness (QED) is 0.283. The van der Waals surface area contributed by atoms with Gasteiger partial charge in [0, 0.05) is 0 Å². The van der Waals surface area contributed by atoms with Gasteiger partial charge in [0.15, 0.2) is 11.5 Å². The maximum absolute atomic E-state index is 12.5. The summed E-state index contributed by atoms with van der Waals surface area (Å²) in [5, 5.41) is 3.87. The lowest BCUT2D eigenvalue weighted by atomic mass is 10.2. The molecule has 166 valence electrons. The van der Waals surface area contributed by atoms with Gasteiger partial charge in [0.25, 0.3) is 5.91 Å². The number of anilines is 1. The first-order valence-corrected chi connectivity index (χ1v) is 10.8. The van der Waals surface area contributed by atoms with Crippen LogP contribution in [-0.2, 0) is 19.6 Å². The van der Waals surface area contributed by atoms with E-state index in [-0.39, 0.29) is 11.5 Å². The summed E-state index contributed by atoms with van der Waals surface area (Å²) in [4.78, 5) is 23.8. The first kappa shape index (κ1) is 23.7. The molecule has 0 aliphatic carbocycles. The summed E-state index contributed by atoms with van der Waals surface area (Å²) in [6.45, 7) is 1.46. The second-order valence-corrected chi connectivity index (χ2v) is 8.13. The van der Waals surface area contributed by atoms with Gasteiger partial charge in [0.05, 0.1) is 32.4 Å². The van der Waals surface area contributed by atoms with Gasteiger partial charge in [-0.3, -0.25) is 9.10 Å². The number of hydrogen-bond acceptors (Lipinski definition) is 8. The van der Waals surface area contributed by atoms with Crippen molar-refractivity contribution in [1.82, 2.24) is 5.43 Å². The second kappa shape index (κ2) is 10.4. The summed E-state index contributed by atoms with van der Waals surface area (Å²) in [5.41, 5.74) is 3.22. The third kappa shape index (κ3) is 6.44. The van der Waals surface area contributed by atoms with Crippen LogP contribution in [0.4, 0.5) is 10.5 Å². The number of hydrogen-bond donors (Lipinski definition) is 1. The Morgan fingerprint density at radius 2 is 1.77 bits per heavy atom. The van der Waals surface area contributed by atoms with Crippen LogP contribution < -0.4 is 19.2 Å². The minimum atomic E-state index is -3.71. The molecular weight excluding hydrogens is 426 g/mol. The number of nitrogens with one attached hydrogen (secondary N) is 1. The molecule has 0 radical (unpaired) electrons. The van der Waals surface area contributed by atoms with Crippen LogP contribution in [0, 0.1) is 0 Å². The number of ether oxygens (including phenoxy) is 3. The molecule has 0 aliphatic rings. The summed E-state index contributed by atoms with van der Waals surface area (Å²) >= 11 is 0. The minimum absolute atomic E-state index is 0.149. The van der Waals surface area contributed by atoms with E-state index in [1.165, 1.54) is 39.5 Å². The third-order valence-electron chi connectivity index (χ3n) is 4.04. The average molecular weight is 449 g/mol. The molecule has 1 N–H and O–H groups in total. The van der Waals surface area contributed by atoms with E-state index in [9.17, 15) is 18.0 Å². The van der Waals surface area contributed by atoms with Gasteiger partial charge in [0.2, 0.25) is 10.0 Å². The van der Waals surface area contributed by atoms with Gasteiger partial charge >= 0.3 is 6.16 Å². The number of hydrazone groups is 1. The van der Waals surface area contributed by atoms with E-state index < -0.39 is 28.1 Å². The van der Waals surface area contributed by atoms with Crippen molar-refractivity contribution in [3.8, 4) is 11.5 Å². The van der Waals surface area contributed by atoms with Crippen LogP contribution in [0.15, 0.2) is 53.6 Å². The number of carbonyl (C=O) groups is 2. The normalized spacial score (nSPS) is 12.1. The van der Waals surface area contributed by atoms with Gasteiger partial charge < -0.3 is 14.2 Å². The van der Waals surface area contributed by atoms with E-state index in [1.54, 1.807) is 36.4 Å². The fourth-order valence-electron chi connectivity index (χ4n) is 2.63. The lowest BCUT2D eigenvalue weighted by Gasteiger charge is -2.27. The van der Waals surface area contributed by atoms with Gasteiger partial charge in [-0.15, -0.1) is 0 Å². The SMILES string of the molecule is COC(=O)Oc1ccc(/C=N\NC(=O)[C@H](C)N(c2ccccc2)S(C)(=O)=O)cc1OC. The number of para-hydroxylation sites is 1. The first-order chi connectivity index (χ1) is 14.7. The van der Waals surface area contributed by atoms with Crippen LogP contribution in [0.2, 0.25) is 0 Å². The zero-order chi connectivity index (χ0) is 23.0. The molecule has 1 amide bonds. The number of amides is 1. The van der Waals surface area contributed by atoms with Crippen molar-refractivity contribution in [2.24, 2.45) is 5.10 Å². The zero-order valence-electron chi connectivity index (χ0n) is 17.4. The van der Waals surface area contributed by atoms with Crippen molar-refractivity contribution in [3.63, 3.8) is 0 Å². The van der Waals surface area contributed by atoms with E-state index >= 15 is 0 Å². The van der Waals surface area contributed by atoms with Crippen LogP contribution in [0.25, 0.3) is 0 Å². The summed E-state index contributed by atoms with van der Waals surface area (Å²) in [6, 6.07) is 11.8. The van der Waals surface area contributed by atoms with Gasteiger partial charge in [0.1, 0.15) is 6.04 Å². The minimum Gasteiger partial charge on any atom is -0.493 e. The average Bonchev–Trinajstić information content (AvgIpc) is 2.74. The lowest BCUT2D eigenvalue weighted by molar-refractivity contribution is -0.121. The van der Waals surface area contributed by atoms with Crippen LogP contribution >= 0.6 is 0 Å². The predicted octanol–water partition coefficient (Wildman–Crippen LogP) is 2.15. The Morgan fingerprint density at radius 1 is 1.10 bits per heavy atom. The van der Waals surface area contributed by atoms with Gasteiger partial charge in [-0.05, 0) is 42.8 Å². The van der Waals surface area contributed by atoms with E-state index in [2.05, 4.69) is 15.3 Å². The van der Waals surface area contributed by atoms with Crippen molar-refractivity contribution in [1.29, 1.82) is 0 Å². The monoisotopic (exact) mass is 449 g/mol. The molecule has 2 aromatic rings. The van der Waals surface area contributed by atoms with Gasteiger partial charge in [-0.2, -0.15) is 5.10 Å². The highest BCUT2D eigenvalue weighted by atomic mass is 32.2. The molecule has 10 nitrogen and oxygen atoms in total. The van der Waals surface area contributed by atoms with Crippen LogP contribution in [-0.4, -0.2) is 53.2 Å². The van der Waals surface area contributed by atoms with Crippen LogP contribution in [0.5, 0.6) is 11.5 Å². The number of sulfonamides is 1. The molecule has 1 atom stereocenters. The lowest BCUT2D eigenvalue weighted by Crippen LogP contribution is -2.46. The van der Waals surface area contributed by atoms with Crippen molar-refractivity contribution >= 4 is 34.0 Å². The Bertz CT molecular complexity index is 1060. The largest absolute Gasteiger partial charge is 0.513 e. The Hall–Kier alpha value is -3.60. The molecule has 0 heterocycles. The third-order valence-corrected chi connectivity index (χ3v) is 5.28. The standard InChI is InChI=1S/C20H23N3O7S/c1-14(23(31(4,26)27)16-8-6-5-7-9-16)19(24)22-21-13-15-10-11-17(18(12-15)28-2)30-20(25)29-3/h5-14H,1-4H3,(H,22,24)/b21-13-/t14-/m0/s1. The number of rotatable bonds is 8. The fourth-order valence-corrected chi connectivity index (χ4v) is 3.80. The fraction of sp³-hybridized carbons (Fsp3) is 0.250. The number of carbonyl (C=O) groups excluding carboxylic acids is 2. The maximum Gasteiger partial charge on any atom is 0.513 e. The maximum atomic E-state index is 12.5. The highest BCUT2D eigenvalue weighted by Gasteiger charge is 2.28. The molecule has 2 rings (SSSR count). The summed E-state index contributed by atoms with van der Waals surface area (Å²) < 4.78 is 40.0. The molecular formula is C20H23N3O7S. The Kier molecular flexibility index (Phi) is 7.97. The topological polar surface area (TPSA) is 124 Å². The molecule has 0 aromatic heterocycles. The van der Waals surface area contributed by atoms with E-state index in [0.717, 1.165) is 10.6 Å². The number of nitrogens with zero attached hydrogens (tertiary/aromatic N) is 2. The predicted molar refractivity (Wildman–Crippen MR) is 115 cm³/mol. The highest BCUT2D eigenvalue weighted by Crippen LogP contribution is 2.28. The molecule has 0 fully saturated rings. The van der Waals surface area contributed by atoms with E-state index in [4.69, 9.17) is 9.47 Å².